The molecule has 2 saturated heterocycles. The molecule has 1 N–H and O–H groups in total. The van der Waals surface area contributed by atoms with E-state index < -0.39 is 0 Å². The normalized spacial score (nSPS) is 25.0. The van der Waals surface area contributed by atoms with Gasteiger partial charge in [0.2, 0.25) is 5.28 Å². The van der Waals surface area contributed by atoms with E-state index in [0.29, 0.717) is 12.2 Å². The number of nitrogens with zero attached hydrogens (tertiary/aromatic N) is 5. The zero-order valence-electron chi connectivity index (χ0n) is 11.4. The summed E-state index contributed by atoms with van der Waals surface area (Å²) in [6.07, 6.45) is 4.51. The number of aromatic nitrogens is 4. The summed E-state index contributed by atoms with van der Waals surface area (Å²) in [4.78, 5) is 10.9. The third-order valence-electron chi connectivity index (χ3n) is 4.10. The van der Waals surface area contributed by atoms with Crippen LogP contribution in [-0.2, 0) is 11.3 Å². The standard InChI is InChI=1S/C13H16ClN5O2/c14-13-16-11(18-6-8-1-2-9(7-18)21-8)10-5-15-19(3-4-20)12(10)17-13/h5,8-9,20H,1-4,6-7H2. The number of fused-ring (bicyclic) bond motifs is 3. The van der Waals surface area contributed by atoms with Gasteiger partial charge in [0.1, 0.15) is 5.82 Å². The highest BCUT2D eigenvalue weighted by molar-refractivity contribution is 6.28. The highest BCUT2D eigenvalue weighted by atomic mass is 35.5. The van der Waals surface area contributed by atoms with Crippen molar-refractivity contribution in [1.29, 1.82) is 0 Å². The largest absolute Gasteiger partial charge is 0.394 e. The Bertz CT molecular complexity index is 664. The zero-order valence-corrected chi connectivity index (χ0v) is 12.2. The first-order chi connectivity index (χ1) is 10.2. The minimum atomic E-state index is 0.00936. The first-order valence-corrected chi connectivity index (χ1v) is 7.52. The van der Waals surface area contributed by atoms with Crippen LogP contribution in [0, 0.1) is 0 Å². The van der Waals surface area contributed by atoms with Gasteiger partial charge in [-0.2, -0.15) is 15.1 Å². The maximum atomic E-state index is 9.10. The van der Waals surface area contributed by atoms with Crippen LogP contribution in [-0.4, -0.2) is 56.8 Å². The lowest BCUT2D eigenvalue weighted by Crippen LogP contribution is -2.43. The maximum Gasteiger partial charge on any atom is 0.226 e. The molecule has 2 fully saturated rings. The predicted molar refractivity (Wildman–Crippen MR) is 77.5 cm³/mol. The smallest absolute Gasteiger partial charge is 0.226 e. The lowest BCUT2D eigenvalue weighted by Gasteiger charge is -2.33. The molecule has 2 aromatic heterocycles. The molecule has 0 aliphatic carbocycles. The van der Waals surface area contributed by atoms with Crippen molar-refractivity contribution in [2.24, 2.45) is 0 Å². The van der Waals surface area contributed by atoms with E-state index in [4.69, 9.17) is 21.4 Å². The molecule has 0 saturated carbocycles. The van der Waals surface area contributed by atoms with Crippen molar-refractivity contribution >= 4 is 28.5 Å². The summed E-state index contributed by atoms with van der Waals surface area (Å²) in [5.74, 6) is 0.814. The van der Waals surface area contributed by atoms with Gasteiger partial charge in [0.15, 0.2) is 5.65 Å². The highest BCUT2D eigenvalue weighted by Crippen LogP contribution is 2.32. The van der Waals surface area contributed by atoms with Crippen LogP contribution in [0.4, 0.5) is 5.82 Å². The van der Waals surface area contributed by atoms with Crippen LogP contribution in [0.15, 0.2) is 6.20 Å². The Labute approximate surface area is 126 Å². The molecular weight excluding hydrogens is 294 g/mol. The molecule has 4 rings (SSSR count). The molecule has 21 heavy (non-hydrogen) atoms. The number of anilines is 1. The van der Waals surface area contributed by atoms with Crippen LogP contribution >= 0.6 is 11.6 Å². The van der Waals surface area contributed by atoms with Gasteiger partial charge >= 0.3 is 0 Å². The van der Waals surface area contributed by atoms with Gasteiger partial charge in [0, 0.05) is 13.1 Å². The van der Waals surface area contributed by atoms with Crippen LogP contribution in [0.2, 0.25) is 5.28 Å². The second-order valence-corrected chi connectivity index (χ2v) is 5.85. The van der Waals surface area contributed by atoms with E-state index in [9.17, 15) is 0 Å². The number of rotatable bonds is 3. The Hall–Kier alpha value is -1.44. The summed E-state index contributed by atoms with van der Waals surface area (Å²) in [7, 11) is 0. The van der Waals surface area contributed by atoms with Crippen LogP contribution in [0.25, 0.3) is 11.0 Å². The molecule has 2 aliphatic heterocycles. The molecule has 2 bridgehead atoms. The number of hydrogen-bond acceptors (Lipinski definition) is 6. The van der Waals surface area contributed by atoms with Crippen molar-refractivity contribution in [2.75, 3.05) is 24.6 Å². The summed E-state index contributed by atoms with van der Waals surface area (Å²) in [5.41, 5.74) is 0.665. The molecule has 8 heteroatoms. The lowest BCUT2D eigenvalue weighted by molar-refractivity contribution is 0.0303. The quantitative estimate of drug-likeness (QED) is 0.847. The van der Waals surface area contributed by atoms with Gasteiger partial charge in [-0.25, -0.2) is 4.68 Å². The average Bonchev–Trinajstić information content (AvgIpc) is 3.02. The summed E-state index contributed by atoms with van der Waals surface area (Å²) in [6, 6.07) is 0. The predicted octanol–water partition coefficient (Wildman–Crippen LogP) is 0.840. The molecule has 2 atom stereocenters. The number of halogens is 1. The van der Waals surface area contributed by atoms with Gasteiger partial charge in [0.05, 0.1) is 36.9 Å². The van der Waals surface area contributed by atoms with Crippen molar-refractivity contribution in [3.05, 3.63) is 11.5 Å². The molecule has 0 spiro atoms. The molecule has 0 aromatic carbocycles. The third kappa shape index (κ3) is 2.25. The Kier molecular flexibility index (Phi) is 3.20. The number of ether oxygens (including phenoxy) is 1. The minimum Gasteiger partial charge on any atom is -0.394 e. The molecule has 4 heterocycles. The average molecular weight is 310 g/mol. The zero-order chi connectivity index (χ0) is 14.4. The Balaban J connectivity index is 1.77. The third-order valence-corrected chi connectivity index (χ3v) is 4.27. The summed E-state index contributed by atoms with van der Waals surface area (Å²) in [6.45, 7) is 2.05. The van der Waals surface area contributed by atoms with Crippen LogP contribution < -0.4 is 4.90 Å². The molecule has 112 valence electrons. The lowest BCUT2D eigenvalue weighted by atomic mass is 10.2. The van der Waals surface area contributed by atoms with E-state index in [1.165, 1.54) is 0 Å². The second-order valence-electron chi connectivity index (χ2n) is 5.51. The van der Waals surface area contributed by atoms with Gasteiger partial charge in [-0.1, -0.05) is 0 Å². The number of morpholine rings is 1. The number of aliphatic hydroxyl groups is 1. The molecular formula is C13H16ClN5O2. The molecule has 2 aromatic rings. The summed E-state index contributed by atoms with van der Waals surface area (Å²) < 4.78 is 7.52. The molecule has 0 amide bonds. The second kappa shape index (κ2) is 5.08. The summed E-state index contributed by atoms with van der Waals surface area (Å²) >= 11 is 6.08. The van der Waals surface area contributed by atoms with Crippen molar-refractivity contribution in [3.63, 3.8) is 0 Å². The number of hydrogen-bond donors (Lipinski definition) is 1. The fourth-order valence-corrected chi connectivity index (χ4v) is 3.36. The summed E-state index contributed by atoms with van der Waals surface area (Å²) in [5, 5.41) is 14.4. The molecule has 2 aliphatic rings. The molecule has 7 nitrogen and oxygen atoms in total. The SMILES string of the molecule is OCCn1ncc2c(N3CC4CCC(C3)O4)nc(Cl)nc21. The van der Waals surface area contributed by atoms with Crippen molar-refractivity contribution in [1.82, 2.24) is 19.7 Å². The van der Waals surface area contributed by atoms with Gasteiger partial charge < -0.3 is 14.7 Å². The Morgan fingerprint density at radius 3 is 2.76 bits per heavy atom. The highest BCUT2D eigenvalue weighted by Gasteiger charge is 2.35. The maximum absolute atomic E-state index is 9.10. The van der Waals surface area contributed by atoms with E-state index in [-0.39, 0.29) is 24.1 Å². The van der Waals surface area contributed by atoms with Gasteiger partial charge in [0.25, 0.3) is 0 Å². The van der Waals surface area contributed by atoms with Crippen LogP contribution in [0.5, 0.6) is 0 Å². The fourth-order valence-electron chi connectivity index (χ4n) is 3.20. The van der Waals surface area contributed by atoms with Gasteiger partial charge in [-0.05, 0) is 24.4 Å². The monoisotopic (exact) mass is 309 g/mol. The fraction of sp³-hybridized carbons (Fsp3) is 0.615. The topological polar surface area (TPSA) is 76.3 Å². The first-order valence-electron chi connectivity index (χ1n) is 7.15. The van der Waals surface area contributed by atoms with Crippen molar-refractivity contribution in [2.45, 2.75) is 31.6 Å². The molecule has 0 radical (unpaired) electrons. The van der Waals surface area contributed by atoms with E-state index in [0.717, 1.165) is 37.1 Å². The van der Waals surface area contributed by atoms with Crippen LogP contribution in [0.3, 0.4) is 0 Å². The van der Waals surface area contributed by atoms with E-state index in [1.807, 2.05) is 0 Å². The van der Waals surface area contributed by atoms with E-state index in [1.54, 1.807) is 10.9 Å². The van der Waals surface area contributed by atoms with E-state index in [2.05, 4.69) is 20.0 Å². The van der Waals surface area contributed by atoms with Crippen molar-refractivity contribution < 1.29 is 9.84 Å². The first kappa shape index (κ1) is 13.2. The molecule has 2 unspecified atom stereocenters. The van der Waals surface area contributed by atoms with E-state index >= 15 is 0 Å². The van der Waals surface area contributed by atoms with Gasteiger partial charge in [-0.15, -0.1) is 0 Å². The minimum absolute atomic E-state index is 0.00936. The van der Waals surface area contributed by atoms with Crippen LogP contribution in [0.1, 0.15) is 12.8 Å². The van der Waals surface area contributed by atoms with Crippen molar-refractivity contribution in [3.8, 4) is 0 Å². The van der Waals surface area contributed by atoms with Gasteiger partial charge in [-0.3, -0.25) is 0 Å². The number of aliphatic hydroxyl groups excluding tert-OH is 1. The Morgan fingerprint density at radius 2 is 2.05 bits per heavy atom. The Morgan fingerprint density at radius 1 is 1.29 bits per heavy atom.